The van der Waals surface area contributed by atoms with Gasteiger partial charge in [-0.2, -0.15) is 0 Å². The van der Waals surface area contributed by atoms with Gasteiger partial charge in [0.2, 0.25) is 0 Å². The van der Waals surface area contributed by atoms with Gasteiger partial charge in [0.05, 0.1) is 0 Å². The highest BCUT2D eigenvalue weighted by Gasteiger charge is 2.04. The van der Waals surface area contributed by atoms with E-state index >= 15 is 0 Å². The fourth-order valence-corrected chi connectivity index (χ4v) is 2.34. The van der Waals surface area contributed by atoms with Crippen LogP contribution in [0.3, 0.4) is 0 Å². The lowest BCUT2D eigenvalue weighted by Gasteiger charge is -2.10. The quantitative estimate of drug-likeness (QED) is 0.552. The molecule has 3 aromatic rings. The van der Waals surface area contributed by atoms with Crippen molar-refractivity contribution in [3.8, 4) is 11.5 Å². The van der Waals surface area contributed by atoms with Crippen LogP contribution in [0.25, 0.3) is 10.8 Å². The van der Waals surface area contributed by atoms with Gasteiger partial charge in [0, 0.05) is 0 Å². The van der Waals surface area contributed by atoms with Gasteiger partial charge in [0.1, 0.15) is 11.5 Å². The molecule has 1 nitrogen and oxygen atoms in total. The summed E-state index contributed by atoms with van der Waals surface area (Å²) in [6, 6.07) is 22.6. The summed E-state index contributed by atoms with van der Waals surface area (Å²) in [4.78, 5) is 0. The number of para-hydroxylation sites is 1. The van der Waals surface area contributed by atoms with Crippen LogP contribution in [0.2, 0.25) is 0 Å². The Hall–Kier alpha value is -2.28. The van der Waals surface area contributed by atoms with Crippen molar-refractivity contribution < 1.29 is 4.74 Å². The maximum absolute atomic E-state index is 5.93. The molecule has 0 saturated heterocycles. The zero-order valence-corrected chi connectivity index (χ0v) is 13.0. The first-order valence-corrected chi connectivity index (χ1v) is 7.61. The van der Waals surface area contributed by atoms with Crippen molar-refractivity contribution in [1.29, 1.82) is 0 Å². The first-order chi connectivity index (χ1) is 10.4. The second-order valence-corrected chi connectivity index (χ2v) is 4.57. The summed E-state index contributed by atoms with van der Waals surface area (Å²) in [6.07, 6.45) is 1.01. The third-order valence-corrected chi connectivity index (χ3v) is 3.28. The van der Waals surface area contributed by atoms with Crippen LogP contribution < -0.4 is 4.74 Å². The van der Waals surface area contributed by atoms with Crippen LogP contribution in [0.1, 0.15) is 26.3 Å². The van der Waals surface area contributed by atoms with Crippen molar-refractivity contribution in [2.75, 3.05) is 0 Å². The number of benzene rings is 3. The molecule has 3 rings (SSSR count). The molecule has 0 bridgehead atoms. The van der Waals surface area contributed by atoms with E-state index in [0.717, 1.165) is 17.9 Å². The van der Waals surface area contributed by atoms with Crippen LogP contribution >= 0.6 is 0 Å². The minimum atomic E-state index is 0.875. The molecule has 21 heavy (non-hydrogen) atoms. The molecule has 0 aliphatic carbocycles. The normalized spacial score (nSPS) is 9.86. The summed E-state index contributed by atoms with van der Waals surface area (Å²) < 4.78 is 5.93. The predicted octanol–water partition coefficient (Wildman–Crippen LogP) is 6.22. The van der Waals surface area contributed by atoms with E-state index in [1.54, 1.807) is 0 Å². The molecule has 0 aliphatic rings. The predicted molar refractivity (Wildman–Crippen MR) is 91.2 cm³/mol. The van der Waals surface area contributed by atoms with Crippen molar-refractivity contribution >= 4 is 10.8 Å². The summed E-state index contributed by atoms with van der Waals surface area (Å²) >= 11 is 0. The van der Waals surface area contributed by atoms with Gasteiger partial charge in [0.15, 0.2) is 0 Å². The Morgan fingerprint density at radius 3 is 2.14 bits per heavy atom. The van der Waals surface area contributed by atoms with E-state index < -0.39 is 0 Å². The topological polar surface area (TPSA) is 9.23 Å². The number of rotatable bonds is 3. The van der Waals surface area contributed by atoms with Gasteiger partial charge in [-0.15, -0.1) is 0 Å². The maximum atomic E-state index is 5.93. The van der Waals surface area contributed by atoms with Crippen LogP contribution in [-0.2, 0) is 6.42 Å². The van der Waals surface area contributed by atoms with Crippen LogP contribution in [-0.4, -0.2) is 0 Å². The van der Waals surface area contributed by atoms with Crippen molar-refractivity contribution in [1.82, 2.24) is 0 Å². The van der Waals surface area contributed by atoms with E-state index in [1.807, 2.05) is 44.2 Å². The molecular formula is C20H22O. The zero-order valence-electron chi connectivity index (χ0n) is 13.0. The van der Waals surface area contributed by atoms with Crippen molar-refractivity contribution in [3.63, 3.8) is 0 Å². The van der Waals surface area contributed by atoms with E-state index in [4.69, 9.17) is 4.74 Å². The van der Waals surface area contributed by atoms with Crippen molar-refractivity contribution in [2.24, 2.45) is 0 Å². The highest BCUT2D eigenvalue weighted by Crippen LogP contribution is 2.29. The van der Waals surface area contributed by atoms with Gasteiger partial charge < -0.3 is 4.74 Å². The number of ether oxygens (including phenoxy) is 1. The third kappa shape index (κ3) is 3.63. The first-order valence-electron chi connectivity index (χ1n) is 7.61. The summed E-state index contributed by atoms with van der Waals surface area (Å²) in [5, 5.41) is 2.54. The number of aryl methyl sites for hydroxylation is 1. The second kappa shape index (κ2) is 7.49. The highest BCUT2D eigenvalue weighted by molar-refractivity contribution is 5.87. The molecule has 0 fully saturated rings. The van der Waals surface area contributed by atoms with E-state index in [2.05, 4.69) is 43.3 Å². The standard InChI is InChI=1S/C18H16O.C2H6/c1-2-14-12-17(19-16-9-4-3-5-10-16)13-15-8-6-7-11-18(14)15;1-2/h3-13H,2H2,1H3;1-2H3. The Bertz CT molecular complexity index is 687. The van der Waals surface area contributed by atoms with Gasteiger partial charge in [-0.25, -0.2) is 0 Å². The van der Waals surface area contributed by atoms with Gasteiger partial charge in [-0.05, 0) is 47.0 Å². The molecule has 0 radical (unpaired) electrons. The average Bonchev–Trinajstić information content (AvgIpc) is 2.57. The molecule has 0 saturated carbocycles. The molecule has 0 amide bonds. The summed E-state index contributed by atoms with van der Waals surface area (Å²) in [5.41, 5.74) is 1.32. The minimum Gasteiger partial charge on any atom is -0.457 e. The molecule has 0 N–H and O–H groups in total. The molecule has 0 heterocycles. The third-order valence-electron chi connectivity index (χ3n) is 3.28. The smallest absolute Gasteiger partial charge is 0.128 e. The SMILES string of the molecule is CC.CCc1cc(Oc2ccccc2)cc2ccccc12. The molecule has 0 aromatic heterocycles. The summed E-state index contributed by atoms with van der Waals surface area (Å²) in [6.45, 7) is 6.17. The van der Waals surface area contributed by atoms with Crippen molar-refractivity contribution in [3.05, 3.63) is 72.3 Å². The summed E-state index contributed by atoms with van der Waals surface area (Å²) in [5.74, 6) is 1.78. The lowest BCUT2D eigenvalue weighted by atomic mass is 10.0. The first kappa shape index (κ1) is 15.1. The van der Waals surface area contributed by atoms with Gasteiger partial charge in [0.25, 0.3) is 0 Å². The van der Waals surface area contributed by atoms with Gasteiger partial charge in [-0.1, -0.05) is 63.2 Å². The van der Waals surface area contributed by atoms with Crippen LogP contribution in [0, 0.1) is 0 Å². The fourth-order valence-electron chi connectivity index (χ4n) is 2.34. The molecular weight excluding hydrogens is 256 g/mol. The van der Waals surface area contributed by atoms with E-state index in [-0.39, 0.29) is 0 Å². The Morgan fingerprint density at radius 1 is 0.762 bits per heavy atom. The number of hydrogen-bond acceptors (Lipinski definition) is 1. The second-order valence-electron chi connectivity index (χ2n) is 4.57. The zero-order chi connectivity index (χ0) is 15.1. The Labute approximate surface area is 127 Å². The molecule has 3 aromatic carbocycles. The molecule has 1 heteroatoms. The average molecular weight is 278 g/mol. The summed E-state index contributed by atoms with van der Waals surface area (Å²) in [7, 11) is 0. The van der Waals surface area contributed by atoms with E-state index in [9.17, 15) is 0 Å². The minimum absolute atomic E-state index is 0.875. The van der Waals surface area contributed by atoms with Crippen molar-refractivity contribution in [2.45, 2.75) is 27.2 Å². The lowest BCUT2D eigenvalue weighted by molar-refractivity contribution is 0.483. The van der Waals surface area contributed by atoms with Crippen LogP contribution in [0.15, 0.2) is 66.7 Å². The molecule has 0 unspecified atom stereocenters. The van der Waals surface area contributed by atoms with Crippen LogP contribution in [0.4, 0.5) is 0 Å². The van der Waals surface area contributed by atoms with Gasteiger partial charge in [-0.3, -0.25) is 0 Å². The van der Waals surface area contributed by atoms with E-state index in [0.29, 0.717) is 0 Å². The van der Waals surface area contributed by atoms with E-state index in [1.165, 1.54) is 16.3 Å². The van der Waals surface area contributed by atoms with Gasteiger partial charge >= 0.3 is 0 Å². The highest BCUT2D eigenvalue weighted by atomic mass is 16.5. The largest absolute Gasteiger partial charge is 0.457 e. The maximum Gasteiger partial charge on any atom is 0.128 e. The molecule has 0 aliphatic heterocycles. The number of fused-ring (bicyclic) bond motifs is 1. The molecule has 108 valence electrons. The number of hydrogen-bond donors (Lipinski definition) is 0. The van der Waals surface area contributed by atoms with Crippen LogP contribution in [0.5, 0.6) is 11.5 Å². The monoisotopic (exact) mass is 278 g/mol. The fraction of sp³-hybridized carbons (Fsp3) is 0.200. The molecule has 0 atom stereocenters. The lowest BCUT2D eigenvalue weighted by Crippen LogP contribution is -1.88. The Balaban J connectivity index is 0.000000774. The molecule has 0 spiro atoms. The Morgan fingerprint density at radius 2 is 1.43 bits per heavy atom. The Kier molecular flexibility index (Phi) is 5.39.